The molecule has 5 heteroatoms. The number of nitrogens with one attached hydrogen (secondary N) is 2. The number of carbonyl (C=O) groups excluding carboxylic acids is 2. The van der Waals surface area contributed by atoms with E-state index in [4.69, 9.17) is 0 Å². The summed E-state index contributed by atoms with van der Waals surface area (Å²) in [5.41, 5.74) is 0.532. The van der Waals surface area contributed by atoms with Crippen LogP contribution in [0.25, 0.3) is 0 Å². The summed E-state index contributed by atoms with van der Waals surface area (Å²) in [6.45, 7) is 8.54. The van der Waals surface area contributed by atoms with Crippen molar-refractivity contribution >= 4 is 11.8 Å². The minimum Gasteiger partial charge on any atom is -0.350 e. The van der Waals surface area contributed by atoms with Crippen molar-refractivity contribution in [1.29, 1.82) is 0 Å². The third-order valence-electron chi connectivity index (χ3n) is 2.88. The molecule has 1 aromatic rings. The highest BCUT2D eigenvalue weighted by molar-refractivity contribution is 5.96. The second-order valence-electron chi connectivity index (χ2n) is 5.29. The molecule has 0 saturated heterocycles. The van der Waals surface area contributed by atoms with Crippen LogP contribution >= 0.6 is 0 Å². The molecule has 1 rings (SSSR count). The average Bonchev–Trinajstić information content (AvgIpc) is 2.44. The van der Waals surface area contributed by atoms with Crippen molar-refractivity contribution < 1.29 is 9.59 Å². The van der Waals surface area contributed by atoms with Crippen LogP contribution in [-0.2, 0) is 0 Å². The highest BCUT2D eigenvalue weighted by Gasteiger charge is 2.13. The van der Waals surface area contributed by atoms with E-state index in [1.54, 1.807) is 18.2 Å². The molecule has 0 aliphatic rings. The van der Waals surface area contributed by atoms with Gasteiger partial charge in [0.15, 0.2) is 0 Å². The maximum atomic E-state index is 11.9. The van der Waals surface area contributed by atoms with Gasteiger partial charge in [-0.1, -0.05) is 26.8 Å². The van der Waals surface area contributed by atoms with Crippen LogP contribution in [0.4, 0.5) is 0 Å². The van der Waals surface area contributed by atoms with Gasteiger partial charge < -0.3 is 10.6 Å². The Hall–Kier alpha value is -1.91. The number of carbonyl (C=O) groups is 2. The molecule has 1 heterocycles. The molecule has 0 aromatic carbocycles. The van der Waals surface area contributed by atoms with Gasteiger partial charge in [-0.05, 0) is 31.4 Å². The second kappa shape index (κ2) is 7.62. The Labute approximate surface area is 120 Å². The van der Waals surface area contributed by atoms with E-state index in [0.29, 0.717) is 12.5 Å². The predicted octanol–water partition coefficient (Wildman–Crippen LogP) is 2.00. The highest BCUT2D eigenvalue weighted by atomic mass is 16.2. The van der Waals surface area contributed by atoms with Gasteiger partial charge in [-0.15, -0.1) is 0 Å². The number of aromatic nitrogens is 1. The van der Waals surface area contributed by atoms with Crippen LogP contribution in [0.1, 0.15) is 55.1 Å². The Bertz CT molecular complexity index is 472. The number of amides is 2. The van der Waals surface area contributed by atoms with E-state index in [9.17, 15) is 9.59 Å². The molecular weight excluding hydrogens is 254 g/mol. The summed E-state index contributed by atoms with van der Waals surface area (Å²) in [6, 6.07) is 4.97. The smallest absolute Gasteiger partial charge is 0.270 e. The van der Waals surface area contributed by atoms with E-state index in [-0.39, 0.29) is 29.2 Å². The van der Waals surface area contributed by atoms with Crippen molar-refractivity contribution in [2.45, 2.75) is 40.2 Å². The zero-order valence-electron chi connectivity index (χ0n) is 12.6. The quantitative estimate of drug-likeness (QED) is 0.835. The number of pyridine rings is 1. The Morgan fingerprint density at radius 1 is 1.15 bits per heavy atom. The Kier molecular flexibility index (Phi) is 6.15. The molecule has 0 radical (unpaired) electrons. The monoisotopic (exact) mass is 277 g/mol. The molecule has 1 atom stereocenters. The zero-order chi connectivity index (χ0) is 15.1. The minimum absolute atomic E-state index is 0.0859. The summed E-state index contributed by atoms with van der Waals surface area (Å²) in [5, 5.41) is 5.61. The lowest BCUT2D eigenvalue weighted by Crippen LogP contribution is -2.33. The molecule has 20 heavy (non-hydrogen) atoms. The third kappa shape index (κ3) is 4.99. The minimum atomic E-state index is -0.253. The fourth-order valence-electron chi connectivity index (χ4n) is 1.47. The first-order valence-electron chi connectivity index (χ1n) is 7.00. The maximum Gasteiger partial charge on any atom is 0.270 e. The first-order chi connectivity index (χ1) is 9.43. The van der Waals surface area contributed by atoms with Gasteiger partial charge in [0, 0.05) is 12.6 Å². The van der Waals surface area contributed by atoms with Crippen molar-refractivity contribution in [3.05, 3.63) is 29.6 Å². The van der Waals surface area contributed by atoms with Crippen molar-refractivity contribution in [3.63, 3.8) is 0 Å². The van der Waals surface area contributed by atoms with Crippen molar-refractivity contribution in [2.24, 2.45) is 5.92 Å². The van der Waals surface area contributed by atoms with E-state index < -0.39 is 0 Å². The van der Waals surface area contributed by atoms with Crippen LogP contribution in [0.15, 0.2) is 18.2 Å². The fourth-order valence-corrected chi connectivity index (χ4v) is 1.47. The first kappa shape index (κ1) is 16.1. The largest absolute Gasteiger partial charge is 0.350 e. The molecule has 2 N–H and O–H groups in total. The van der Waals surface area contributed by atoms with E-state index in [2.05, 4.69) is 15.6 Å². The van der Waals surface area contributed by atoms with Crippen LogP contribution in [0, 0.1) is 5.92 Å². The van der Waals surface area contributed by atoms with Crippen LogP contribution in [0.3, 0.4) is 0 Å². The SMILES string of the molecule is CCC(C)NC(=O)c1cccc(C(=O)NCC(C)C)n1. The molecule has 0 bridgehead atoms. The normalized spacial score (nSPS) is 12.1. The highest BCUT2D eigenvalue weighted by Crippen LogP contribution is 2.02. The molecule has 110 valence electrons. The van der Waals surface area contributed by atoms with Gasteiger partial charge in [0.2, 0.25) is 0 Å². The molecule has 0 aliphatic heterocycles. The van der Waals surface area contributed by atoms with E-state index in [1.165, 1.54) is 0 Å². The van der Waals surface area contributed by atoms with Gasteiger partial charge in [-0.3, -0.25) is 9.59 Å². The summed E-state index contributed by atoms with van der Waals surface area (Å²) in [5.74, 6) is -0.134. The molecule has 0 fully saturated rings. The first-order valence-corrected chi connectivity index (χ1v) is 7.00. The van der Waals surface area contributed by atoms with Crippen LogP contribution < -0.4 is 10.6 Å². The van der Waals surface area contributed by atoms with Crippen LogP contribution in [0.5, 0.6) is 0 Å². The molecule has 1 aromatic heterocycles. The summed E-state index contributed by atoms with van der Waals surface area (Å²) in [7, 11) is 0. The van der Waals surface area contributed by atoms with E-state index >= 15 is 0 Å². The number of rotatable bonds is 6. The van der Waals surface area contributed by atoms with E-state index in [0.717, 1.165) is 6.42 Å². The molecular formula is C15H23N3O2. The second-order valence-corrected chi connectivity index (χ2v) is 5.29. The van der Waals surface area contributed by atoms with Crippen molar-refractivity contribution in [2.75, 3.05) is 6.54 Å². The average molecular weight is 277 g/mol. The van der Waals surface area contributed by atoms with E-state index in [1.807, 2.05) is 27.7 Å². The molecule has 0 spiro atoms. The predicted molar refractivity (Wildman–Crippen MR) is 78.6 cm³/mol. The molecule has 1 unspecified atom stereocenters. The number of nitrogens with zero attached hydrogens (tertiary/aromatic N) is 1. The van der Waals surface area contributed by atoms with Crippen LogP contribution in [-0.4, -0.2) is 29.4 Å². The summed E-state index contributed by atoms with van der Waals surface area (Å²) in [6.07, 6.45) is 0.848. The van der Waals surface area contributed by atoms with Crippen molar-refractivity contribution in [1.82, 2.24) is 15.6 Å². The van der Waals surface area contributed by atoms with Gasteiger partial charge >= 0.3 is 0 Å². The van der Waals surface area contributed by atoms with Crippen molar-refractivity contribution in [3.8, 4) is 0 Å². The zero-order valence-corrected chi connectivity index (χ0v) is 12.6. The van der Waals surface area contributed by atoms with Gasteiger partial charge in [0.05, 0.1) is 0 Å². The van der Waals surface area contributed by atoms with Gasteiger partial charge in [0.25, 0.3) is 11.8 Å². The Morgan fingerprint density at radius 3 is 2.30 bits per heavy atom. The topological polar surface area (TPSA) is 71.1 Å². The third-order valence-corrected chi connectivity index (χ3v) is 2.88. The lowest BCUT2D eigenvalue weighted by Gasteiger charge is -2.11. The molecule has 2 amide bonds. The Morgan fingerprint density at radius 2 is 1.75 bits per heavy atom. The summed E-state index contributed by atoms with van der Waals surface area (Å²) >= 11 is 0. The summed E-state index contributed by atoms with van der Waals surface area (Å²) in [4.78, 5) is 28.0. The molecule has 5 nitrogen and oxygen atoms in total. The summed E-state index contributed by atoms with van der Waals surface area (Å²) < 4.78 is 0. The fraction of sp³-hybridized carbons (Fsp3) is 0.533. The number of hydrogen-bond acceptors (Lipinski definition) is 3. The number of hydrogen-bond donors (Lipinski definition) is 2. The van der Waals surface area contributed by atoms with Gasteiger partial charge in [0.1, 0.15) is 11.4 Å². The maximum absolute atomic E-state index is 11.9. The standard InChI is InChI=1S/C15H23N3O2/c1-5-11(4)17-15(20)13-8-6-7-12(18-13)14(19)16-9-10(2)3/h6-8,10-11H,5,9H2,1-4H3,(H,16,19)(H,17,20). The molecule has 0 saturated carbocycles. The van der Waals surface area contributed by atoms with Gasteiger partial charge in [-0.25, -0.2) is 4.98 Å². The molecule has 0 aliphatic carbocycles. The Balaban J connectivity index is 2.74. The van der Waals surface area contributed by atoms with Gasteiger partial charge in [-0.2, -0.15) is 0 Å². The van der Waals surface area contributed by atoms with Crippen LogP contribution in [0.2, 0.25) is 0 Å². The lowest BCUT2D eigenvalue weighted by atomic mass is 10.2. The lowest BCUT2D eigenvalue weighted by molar-refractivity contribution is 0.0932.